The highest BCUT2D eigenvalue weighted by Gasteiger charge is 2.14. The van der Waals surface area contributed by atoms with E-state index in [1.165, 1.54) is 51.4 Å². The van der Waals surface area contributed by atoms with Crippen LogP contribution in [0, 0.1) is 24.3 Å². The van der Waals surface area contributed by atoms with Crippen molar-refractivity contribution >= 4 is 153 Å². The Morgan fingerprint density at radius 2 is 0.731 bits per heavy atom. The molecule has 7 heterocycles. The van der Waals surface area contributed by atoms with Gasteiger partial charge in [0.05, 0.1) is 35.6 Å². The van der Waals surface area contributed by atoms with Gasteiger partial charge < -0.3 is 67.2 Å². The summed E-state index contributed by atoms with van der Waals surface area (Å²) in [6.45, 7) is 22.5. The quantitative estimate of drug-likeness (QED) is 0.0297. The standard InChI is InChI=1S/2C16H17N3.C15H14IN3.C10H11Br2NO.C10H12BrNO.C10H13NO.C6H8N2.C6H15N.C4H11O3P/c2*1-12-4-9-16-17-15(11-19(16)10-12)13-5-7-14(8-6-13)18(2)3;1-18(2)13-6-3-11(4-7-13)14-10-19-9-12(16)5-8-15(19)17-14;1-13(2)8-5-3-7(4-6-8)9(14)10(11)12;1-12(2)9-5-3-8(4-6-9)10(13)7-11;1-8(12)9-4-6-10(7-5-9)11(2)3;1-5-2-3-6(7)8-4-5;1-4-7(5-2)6-3;1-3-6-8(5)7-4-2/h2*4-11H,1-3H3;3-10H,1-2H3;3-6,10H,1-2H3;3-6H,7H2,1-2H3;4-7H,1-3H3;2-4H,1H3,(H2,7,8);4-6H2,1-3H3;5H,3-4H2,1-2H3/i;;16-2;;;;;;. The first-order valence-corrected chi connectivity index (χ1v) is 44.1. The molecule has 0 spiro atoms. The molecule has 13 aromatic rings. The first kappa shape index (κ1) is 100. The monoisotopic (exact) mass is 1930 g/mol. The van der Waals surface area contributed by atoms with E-state index in [1.807, 2.05) is 217 Å². The summed E-state index contributed by atoms with van der Waals surface area (Å²) in [5.74, 6) is 0.844. The third-order valence-corrected chi connectivity index (χ3v) is 20.8. The Bertz CT molecular complexity index is 4810. The van der Waals surface area contributed by atoms with Crippen molar-refractivity contribution in [1.82, 2.24) is 38.0 Å². The summed E-state index contributed by atoms with van der Waals surface area (Å²) in [6.07, 6.45) is 14.2. The van der Waals surface area contributed by atoms with Crippen molar-refractivity contribution in [3.05, 3.63) is 274 Å². The van der Waals surface area contributed by atoms with Gasteiger partial charge in [-0.15, -0.1) is 0 Å². The summed E-state index contributed by atoms with van der Waals surface area (Å²) in [7, 11) is 22.5. The number of pyridine rings is 4. The van der Waals surface area contributed by atoms with Crippen LogP contribution in [0.1, 0.15) is 89.3 Å². The second-order valence-corrected chi connectivity index (χ2v) is 34.2. The maximum Gasteiger partial charge on any atom is 0.329 e. The molecule has 0 aliphatic heterocycles. The molecule has 0 bridgehead atoms. The number of nitrogen functional groups attached to an aromatic ring is 1. The van der Waals surface area contributed by atoms with Crippen molar-refractivity contribution in [2.75, 3.05) is 158 Å². The van der Waals surface area contributed by atoms with Crippen molar-refractivity contribution in [3.63, 3.8) is 0 Å². The molecule has 119 heavy (non-hydrogen) atoms. The Labute approximate surface area is 745 Å². The van der Waals surface area contributed by atoms with Crippen molar-refractivity contribution in [1.29, 1.82) is 0 Å². The molecular formula is C93H118Br3IN15O6P. The molecule has 0 atom stereocenters. The number of anilines is 7. The average Bonchev–Trinajstić information content (AvgIpc) is 1.68. The zero-order valence-electron chi connectivity index (χ0n) is 72.6. The largest absolute Gasteiger partial charge is 0.384 e. The minimum atomic E-state index is -1.58. The number of ketones is 3. The first-order valence-electron chi connectivity index (χ1n) is 38.9. The number of aryl methyl sites for hydroxylation is 3. The van der Waals surface area contributed by atoms with Crippen LogP contribution in [-0.4, -0.2) is 187 Å². The zero-order chi connectivity index (χ0) is 88.0. The van der Waals surface area contributed by atoms with Crippen molar-refractivity contribution in [2.24, 2.45) is 0 Å². The van der Waals surface area contributed by atoms with Crippen LogP contribution in [0.25, 0.3) is 50.7 Å². The smallest absolute Gasteiger partial charge is 0.329 e. The summed E-state index contributed by atoms with van der Waals surface area (Å²) in [4.78, 5) is 74.8. The second-order valence-electron chi connectivity index (χ2n) is 28.3. The van der Waals surface area contributed by atoms with Crippen molar-refractivity contribution < 1.29 is 28.3 Å². The van der Waals surface area contributed by atoms with E-state index in [0.29, 0.717) is 29.9 Å². The van der Waals surface area contributed by atoms with Crippen LogP contribution in [-0.2, 0) is 9.05 Å². The zero-order valence-corrected chi connectivity index (χ0v) is 80.4. The third kappa shape index (κ3) is 34.3. The average molecular weight is 1940 g/mol. The van der Waals surface area contributed by atoms with Gasteiger partial charge in [0.25, 0.3) is 0 Å². The number of rotatable bonds is 21. The van der Waals surface area contributed by atoms with Crippen LogP contribution in [0.5, 0.6) is 0 Å². The normalized spacial score (nSPS) is 10.4. The summed E-state index contributed by atoms with van der Waals surface area (Å²) in [5.41, 5.74) is 27.4. The summed E-state index contributed by atoms with van der Waals surface area (Å²) < 4.78 is 16.5. The lowest BCUT2D eigenvalue weighted by Gasteiger charge is -2.13. The topological polar surface area (TPSA) is 203 Å². The number of Topliss-reactive ketones (excluding diaryl/α,β-unsaturated/α-hetero) is 3. The predicted octanol–water partition coefficient (Wildman–Crippen LogP) is 21.4. The molecule has 26 heteroatoms. The second kappa shape index (κ2) is 51.9. The van der Waals surface area contributed by atoms with E-state index in [0.717, 1.165) is 84.5 Å². The minimum Gasteiger partial charge on any atom is -0.384 e. The third-order valence-electron chi connectivity index (χ3n) is 17.9. The molecule has 0 fully saturated rings. The Kier molecular flexibility index (Phi) is 43.7. The number of halogens is 4. The molecular weight excluding hydrogens is 1820 g/mol. The van der Waals surface area contributed by atoms with Crippen LogP contribution in [0.3, 0.4) is 0 Å². The maximum absolute atomic E-state index is 11.5. The fraction of sp³-hybridized carbons (Fsp3) is 0.301. The van der Waals surface area contributed by atoms with E-state index in [1.54, 1.807) is 19.2 Å². The molecule has 3 N–H and O–H groups in total. The molecule has 6 aromatic carbocycles. The Morgan fingerprint density at radius 3 is 1.00 bits per heavy atom. The number of fused-ring (bicyclic) bond motifs is 3. The molecule has 0 radical (unpaired) electrons. The number of alkyl halides is 3. The lowest BCUT2D eigenvalue weighted by atomic mass is 10.1. The van der Waals surface area contributed by atoms with Gasteiger partial charge in [0.15, 0.2) is 17.3 Å². The van der Waals surface area contributed by atoms with E-state index >= 15 is 0 Å². The van der Waals surface area contributed by atoms with Crippen LogP contribution in [0.15, 0.2) is 238 Å². The van der Waals surface area contributed by atoms with Crippen LogP contribution >= 0.6 is 79.0 Å². The highest BCUT2D eigenvalue weighted by atomic mass is 125. The van der Waals surface area contributed by atoms with Gasteiger partial charge in [-0.2, -0.15) is 0 Å². The first-order chi connectivity index (χ1) is 56.6. The highest BCUT2D eigenvalue weighted by molar-refractivity contribution is 14.1. The molecule has 0 saturated heterocycles. The number of imidazole rings is 3. The van der Waals surface area contributed by atoms with Crippen LogP contribution in [0.4, 0.5) is 39.9 Å². The molecule has 0 unspecified atom stereocenters. The molecule has 634 valence electrons. The molecule has 0 amide bonds. The highest BCUT2D eigenvalue weighted by Crippen LogP contribution is 2.32. The van der Waals surface area contributed by atoms with Crippen molar-refractivity contribution in [2.45, 2.75) is 66.1 Å². The van der Waals surface area contributed by atoms with Gasteiger partial charge in [-0.25, -0.2) is 19.9 Å². The maximum atomic E-state index is 11.5. The Morgan fingerprint density at radius 1 is 0.429 bits per heavy atom. The van der Waals surface area contributed by atoms with Gasteiger partial charge in [-0.1, -0.05) is 123 Å². The lowest BCUT2D eigenvalue weighted by molar-refractivity contribution is 0.100. The summed E-state index contributed by atoms with van der Waals surface area (Å²) in [6, 6.07) is 64.1. The minimum absolute atomic E-state index is 0.0373. The molecule has 21 nitrogen and oxygen atoms in total. The number of aromatic nitrogens is 7. The predicted molar refractivity (Wildman–Crippen MR) is 523 cm³/mol. The summed E-state index contributed by atoms with van der Waals surface area (Å²) >= 11 is 11.8. The molecule has 7 aromatic heterocycles. The van der Waals surface area contributed by atoms with Gasteiger partial charge >= 0.3 is 8.60 Å². The van der Waals surface area contributed by atoms with Crippen LogP contribution < -0.4 is 35.1 Å². The SMILES string of the molecule is CC(=O)c1ccc(N(C)C)cc1.CCN(CC)CC.CCOP(O)OCC.CN(C)c1ccc(-c2cn3cc([125I])ccc3n2)cc1.CN(C)c1ccc(C(=O)C(Br)Br)cc1.CN(C)c1ccc(C(=O)CBr)cc1.Cc1ccc(N)nc1.Cc1ccc2nc(-c3ccc(N(C)C)cc3)cn2c1.Cc1ccc2nc(-c3ccc(N(C)C)cc3)cn2c1. The number of nitrogens with two attached hydrogens (primary N) is 1. The lowest BCUT2D eigenvalue weighted by Crippen LogP contribution is -2.21. The number of carbonyl (C=O) groups excluding carboxylic acids is 3. The van der Waals surface area contributed by atoms with E-state index in [2.05, 4.69) is 295 Å². The van der Waals surface area contributed by atoms with Gasteiger partial charge in [-0.05, 0) is 240 Å². The number of nitrogens with zero attached hydrogens (tertiary/aromatic N) is 14. The van der Waals surface area contributed by atoms with E-state index in [4.69, 9.17) is 10.6 Å². The molecule has 0 aliphatic carbocycles. The number of hydrogen-bond donors (Lipinski definition) is 2. The van der Waals surface area contributed by atoms with Gasteiger partial charge in [0, 0.05) is 199 Å². The molecule has 13 rings (SSSR count). The van der Waals surface area contributed by atoms with Gasteiger partial charge in [-0.3, -0.25) is 14.4 Å². The fourth-order valence-corrected chi connectivity index (χ4v) is 12.7. The Balaban J connectivity index is 0.000000243. The number of carbonyl (C=O) groups is 3. The summed E-state index contributed by atoms with van der Waals surface area (Å²) in [5, 5.41) is 0.383. The molecule has 0 saturated carbocycles. The van der Waals surface area contributed by atoms with Crippen LogP contribution in [0.2, 0.25) is 0 Å². The number of benzene rings is 6. The van der Waals surface area contributed by atoms with E-state index < -0.39 is 8.60 Å². The Hall–Kier alpha value is -9.41. The molecule has 0 aliphatic rings. The van der Waals surface area contributed by atoms with Gasteiger partial charge in [0.1, 0.15) is 26.5 Å². The fourth-order valence-electron chi connectivity index (χ4n) is 10.9. The van der Waals surface area contributed by atoms with E-state index in [-0.39, 0.29) is 21.1 Å². The van der Waals surface area contributed by atoms with E-state index in [9.17, 15) is 14.4 Å². The number of hydrogen-bond acceptors (Lipinski definition) is 18. The van der Waals surface area contributed by atoms with Gasteiger partial charge in [0.2, 0.25) is 0 Å². The van der Waals surface area contributed by atoms with Crippen molar-refractivity contribution in [3.8, 4) is 33.8 Å².